The van der Waals surface area contributed by atoms with Gasteiger partial charge in [0, 0.05) is 11.9 Å². The lowest BCUT2D eigenvalue weighted by Gasteiger charge is -2.10. The second-order valence-electron chi connectivity index (χ2n) is 4.90. The highest BCUT2D eigenvalue weighted by atomic mass is 19.4. The third-order valence-corrected chi connectivity index (χ3v) is 2.99. The smallest absolute Gasteiger partial charge is 0.350 e. The number of carbonyl (C=O) groups is 2. The van der Waals surface area contributed by atoms with Gasteiger partial charge in [-0.1, -0.05) is 12.1 Å². The lowest BCUT2D eigenvalue weighted by atomic mass is 10.2. The number of halogens is 3. The minimum Gasteiger partial charge on any atom is -0.350 e. The van der Waals surface area contributed by atoms with E-state index in [-0.39, 0.29) is 12.2 Å². The van der Waals surface area contributed by atoms with Gasteiger partial charge in [-0.15, -0.1) is 0 Å². The van der Waals surface area contributed by atoms with Gasteiger partial charge in [0.1, 0.15) is 6.42 Å². The Morgan fingerprint density at radius 3 is 2.50 bits per heavy atom. The second kappa shape index (κ2) is 7.58. The lowest BCUT2D eigenvalue weighted by Crippen LogP contribution is -2.28. The molecule has 0 saturated heterocycles. The second-order valence-corrected chi connectivity index (χ2v) is 4.90. The first-order valence-corrected chi connectivity index (χ1v) is 6.98. The number of anilines is 1. The summed E-state index contributed by atoms with van der Waals surface area (Å²) in [6.07, 6.45) is -3.42. The minimum atomic E-state index is -4.50. The number of amides is 2. The van der Waals surface area contributed by atoms with Crippen LogP contribution in [0.2, 0.25) is 0 Å². The highest BCUT2D eigenvalue weighted by molar-refractivity contribution is 6.03. The molecule has 0 aliphatic carbocycles. The minimum absolute atomic E-state index is 0.0210. The van der Waals surface area contributed by atoms with Crippen LogP contribution in [0.25, 0.3) is 0 Å². The Morgan fingerprint density at radius 1 is 1.04 bits per heavy atom. The largest absolute Gasteiger partial charge is 0.416 e. The van der Waals surface area contributed by atoms with Gasteiger partial charge >= 0.3 is 6.18 Å². The molecule has 1 heterocycles. The van der Waals surface area contributed by atoms with E-state index in [2.05, 4.69) is 15.6 Å². The van der Waals surface area contributed by atoms with Crippen LogP contribution in [0.1, 0.15) is 17.7 Å². The first-order valence-electron chi connectivity index (χ1n) is 6.98. The summed E-state index contributed by atoms with van der Waals surface area (Å²) >= 11 is 0. The summed E-state index contributed by atoms with van der Waals surface area (Å²) < 4.78 is 37.8. The van der Waals surface area contributed by atoms with E-state index >= 15 is 0 Å². The lowest BCUT2D eigenvalue weighted by molar-refractivity contribution is -0.137. The summed E-state index contributed by atoms with van der Waals surface area (Å²) in [4.78, 5) is 27.4. The Morgan fingerprint density at radius 2 is 1.83 bits per heavy atom. The summed E-state index contributed by atoms with van der Waals surface area (Å²) in [5.74, 6) is -1.25. The molecule has 0 aliphatic rings. The predicted molar refractivity (Wildman–Crippen MR) is 80.8 cm³/mol. The average Bonchev–Trinajstić information content (AvgIpc) is 2.53. The highest BCUT2D eigenvalue weighted by Gasteiger charge is 2.30. The number of nitrogens with zero attached hydrogens (tertiary/aromatic N) is 1. The van der Waals surface area contributed by atoms with Gasteiger partial charge in [0.05, 0.1) is 17.8 Å². The van der Waals surface area contributed by atoms with Gasteiger partial charge in [-0.3, -0.25) is 14.6 Å². The first kappa shape index (κ1) is 17.5. The van der Waals surface area contributed by atoms with Crippen molar-refractivity contribution in [3.05, 3.63) is 59.9 Å². The summed E-state index contributed by atoms with van der Waals surface area (Å²) in [7, 11) is 0. The molecule has 0 saturated carbocycles. The van der Waals surface area contributed by atoms with Crippen molar-refractivity contribution in [2.24, 2.45) is 0 Å². The van der Waals surface area contributed by atoms with Crippen molar-refractivity contribution in [3.63, 3.8) is 0 Å². The molecule has 2 N–H and O–H groups in total. The maximum absolute atomic E-state index is 12.6. The zero-order chi connectivity index (χ0) is 17.6. The van der Waals surface area contributed by atoms with E-state index in [0.29, 0.717) is 5.69 Å². The van der Waals surface area contributed by atoms with Crippen LogP contribution in [0, 0.1) is 0 Å². The number of alkyl halides is 3. The van der Waals surface area contributed by atoms with Crippen molar-refractivity contribution >= 4 is 17.5 Å². The summed E-state index contributed by atoms with van der Waals surface area (Å²) in [5, 5.41) is 4.78. The molecule has 0 atom stereocenters. The Bertz CT molecular complexity index is 718. The zero-order valence-electron chi connectivity index (χ0n) is 12.4. The number of pyridine rings is 1. The van der Waals surface area contributed by atoms with Crippen LogP contribution >= 0.6 is 0 Å². The van der Waals surface area contributed by atoms with Crippen molar-refractivity contribution in [3.8, 4) is 0 Å². The molecule has 0 unspecified atom stereocenters. The van der Waals surface area contributed by atoms with E-state index in [0.717, 1.165) is 12.1 Å². The van der Waals surface area contributed by atoms with Crippen molar-refractivity contribution in [2.75, 3.05) is 5.32 Å². The maximum atomic E-state index is 12.6. The van der Waals surface area contributed by atoms with E-state index in [1.807, 2.05) is 0 Å². The van der Waals surface area contributed by atoms with E-state index in [1.165, 1.54) is 12.1 Å². The Balaban J connectivity index is 1.85. The molecule has 2 rings (SSSR count). The number of hydrogen-bond donors (Lipinski definition) is 2. The Kier molecular flexibility index (Phi) is 5.51. The van der Waals surface area contributed by atoms with Gasteiger partial charge in [0.15, 0.2) is 0 Å². The van der Waals surface area contributed by atoms with Crippen molar-refractivity contribution < 1.29 is 22.8 Å². The number of rotatable bonds is 5. The molecule has 1 aromatic carbocycles. The molecule has 8 heteroatoms. The molecule has 0 bridgehead atoms. The molecule has 126 valence electrons. The molecule has 0 fully saturated rings. The SMILES string of the molecule is O=C(CC(=O)Nc1cccc(C(F)(F)F)c1)NCc1ccccn1. The summed E-state index contributed by atoms with van der Waals surface area (Å²) in [5.41, 5.74) is -0.267. The van der Waals surface area contributed by atoms with E-state index < -0.39 is 30.0 Å². The van der Waals surface area contributed by atoms with Crippen LogP contribution < -0.4 is 10.6 Å². The number of nitrogens with one attached hydrogen (secondary N) is 2. The van der Waals surface area contributed by atoms with Gasteiger partial charge in [0.25, 0.3) is 0 Å². The quantitative estimate of drug-likeness (QED) is 0.824. The molecule has 5 nitrogen and oxygen atoms in total. The molecular weight excluding hydrogens is 323 g/mol. The van der Waals surface area contributed by atoms with Crippen LogP contribution in [0.5, 0.6) is 0 Å². The predicted octanol–water partition coefficient (Wildman–Crippen LogP) is 2.75. The fourth-order valence-electron chi connectivity index (χ4n) is 1.88. The Hall–Kier alpha value is -2.90. The fourth-order valence-corrected chi connectivity index (χ4v) is 1.88. The summed E-state index contributed by atoms with van der Waals surface area (Å²) in [6.45, 7) is 0.163. The average molecular weight is 337 g/mol. The standard InChI is InChI=1S/C16H14F3N3O2/c17-16(18,19)11-4-3-6-12(8-11)22-15(24)9-14(23)21-10-13-5-1-2-7-20-13/h1-8H,9-10H2,(H,21,23)(H,22,24). The van der Waals surface area contributed by atoms with E-state index in [4.69, 9.17) is 0 Å². The van der Waals surface area contributed by atoms with Crippen LogP contribution in [0.3, 0.4) is 0 Å². The normalized spacial score (nSPS) is 11.0. The van der Waals surface area contributed by atoms with E-state index in [9.17, 15) is 22.8 Å². The topological polar surface area (TPSA) is 71.1 Å². The van der Waals surface area contributed by atoms with Gasteiger partial charge in [-0.25, -0.2) is 0 Å². The molecule has 2 amide bonds. The third kappa shape index (κ3) is 5.38. The molecule has 2 aromatic rings. The zero-order valence-corrected chi connectivity index (χ0v) is 12.4. The van der Waals surface area contributed by atoms with Gasteiger partial charge in [-0.05, 0) is 30.3 Å². The fraction of sp³-hybridized carbons (Fsp3) is 0.188. The number of carbonyl (C=O) groups excluding carboxylic acids is 2. The van der Waals surface area contributed by atoms with Gasteiger partial charge in [-0.2, -0.15) is 13.2 Å². The maximum Gasteiger partial charge on any atom is 0.416 e. The number of aromatic nitrogens is 1. The Labute approximate surface area is 135 Å². The molecule has 1 aromatic heterocycles. The molecule has 0 radical (unpaired) electrons. The van der Waals surface area contributed by atoms with Crippen LogP contribution in [-0.2, 0) is 22.3 Å². The van der Waals surface area contributed by atoms with Crippen molar-refractivity contribution in [1.82, 2.24) is 10.3 Å². The molecule has 0 aliphatic heterocycles. The van der Waals surface area contributed by atoms with Crippen LogP contribution in [0.15, 0.2) is 48.7 Å². The highest BCUT2D eigenvalue weighted by Crippen LogP contribution is 2.30. The number of benzene rings is 1. The van der Waals surface area contributed by atoms with Gasteiger partial charge in [0.2, 0.25) is 11.8 Å². The molecule has 0 spiro atoms. The molecular formula is C16H14F3N3O2. The van der Waals surface area contributed by atoms with Crippen LogP contribution in [0.4, 0.5) is 18.9 Å². The van der Waals surface area contributed by atoms with E-state index in [1.54, 1.807) is 24.4 Å². The monoisotopic (exact) mass is 337 g/mol. The summed E-state index contributed by atoms with van der Waals surface area (Å²) in [6, 6.07) is 9.41. The number of hydrogen-bond acceptors (Lipinski definition) is 3. The van der Waals surface area contributed by atoms with Crippen molar-refractivity contribution in [1.29, 1.82) is 0 Å². The third-order valence-electron chi connectivity index (χ3n) is 2.99. The molecule has 24 heavy (non-hydrogen) atoms. The first-order chi connectivity index (χ1) is 11.3. The van der Waals surface area contributed by atoms with Crippen molar-refractivity contribution in [2.45, 2.75) is 19.1 Å². The van der Waals surface area contributed by atoms with Gasteiger partial charge < -0.3 is 10.6 Å². The van der Waals surface area contributed by atoms with Crippen LogP contribution in [-0.4, -0.2) is 16.8 Å².